The van der Waals surface area contributed by atoms with Gasteiger partial charge in [0, 0.05) is 13.1 Å². The lowest BCUT2D eigenvalue weighted by atomic mass is 10.1. The Morgan fingerprint density at radius 2 is 2.32 bits per heavy atom. The maximum absolute atomic E-state index is 12.2. The van der Waals surface area contributed by atoms with Crippen molar-refractivity contribution >= 4 is 5.91 Å². The third-order valence-electron chi connectivity index (χ3n) is 3.23. The average Bonchev–Trinajstić information content (AvgIpc) is 2.46. The minimum Gasteiger partial charge on any atom is -0.496 e. The van der Waals surface area contributed by atoms with E-state index in [1.165, 1.54) is 5.57 Å². The summed E-state index contributed by atoms with van der Waals surface area (Å²) in [6, 6.07) is 5.62. The number of carbonyl (C=O) groups excluding carboxylic acids is 1. The van der Waals surface area contributed by atoms with Gasteiger partial charge >= 0.3 is 0 Å². The molecule has 19 heavy (non-hydrogen) atoms. The number of amides is 1. The molecule has 1 heterocycles. The molecule has 1 aromatic carbocycles. The first-order valence-electron chi connectivity index (χ1n) is 6.52. The Balaban J connectivity index is 2.03. The van der Waals surface area contributed by atoms with Crippen LogP contribution in [0.4, 0.5) is 0 Å². The van der Waals surface area contributed by atoms with E-state index in [1.807, 2.05) is 25.1 Å². The van der Waals surface area contributed by atoms with Gasteiger partial charge in [0.15, 0.2) is 0 Å². The zero-order valence-electron chi connectivity index (χ0n) is 11.5. The normalized spacial score (nSPS) is 14.7. The van der Waals surface area contributed by atoms with Gasteiger partial charge in [-0.25, -0.2) is 0 Å². The minimum absolute atomic E-state index is 0.0833. The van der Waals surface area contributed by atoms with Crippen LogP contribution in [0, 0.1) is 6.92 Å². The molecule has 4 heteroatoms. The molecule has 0 aliphatic carbocycles. The van der Waals surface area contributed by atoms with Crippen LogP contribution in [0.2, 0.25) is 0 Å². The molecule has 2 rings (SSSR count). The molecular weight excluding hydrogens is 240 g/mol. The Hall–Kier alpha value is -1.81. The number of ether oxygens (including phenoxy) is 1. The first-order valence-corrected chi connectivity index (χ1v) is 6.52. The van der Waals surface area contributed by atoms with Crippen LogP contribution >= 0.6 is 0 Å². The van der Waals surface area contributed by atoms with Gasteiger partial charge in [0.05, 0.1) is 12.7 Å². The highest BCUT2D eigenvalue weighted by Crippen LogP contribution is 2.19. The van der Waals surface area contributed by atoms with Crippen LogP contribution in [-0.2, 0) is 0 Å². The van der Waals surface area contributed by atoms with E-state index in [0.29, 0.717) is 17.9 Å². The van der Waals surface area contributed by atoms with E-state index in [4.69, 9.17) is 4.74 Å². The van der Waals surface area contributed by atoms with Crippen molar-refractivity contribution in [2.75, 3.05) is 26.7 Å². The monoisotopic (exact) mass is 260 g/mol. The Morgan fingerprint density at radius 3 is 3.00 bits per heavy atom. The molecule has 4 nitrogen and oxygen atoms in total. The standard InChI is InChI=1S/C15H20N2O2/c1-11-3-4-14(19-2)13(9-11)15(18)17-10-12-5-7-16-8-6-12/h3-5,9,16H,6-8,10H2,1-2H3,(H,17,18). The van der Waals surface area contributed by atoms with E-state index in [2.05, 4.69) is 16.7 Å². The van der Waals surface area contributed by atoms with Crippen LogP contribution in [0.25, 0.3) is 0 Å². The van der Waals surface area contributed by atoms with Crippen LogP contribution in [0.15, 0.2) is 29.8 Å². The second-order valence-electron chi connectivity index (χ2n) is 4.70. The van der Waals surface area contributed by atoms with Crippen LogP contribution in [0.1, 0.15) is 22.3 Å². The summed E-state index contributed by atoms with van der Waals surface area (Å²) in [4.78, 5) is 12.2. The number of nitrogens with one attached hydrogen (secondary N) is 2. The van der Waals surface area contributed by atoms with Crippen molar-refractivity contribution < 1.29 is 9.53 Å². The molecule has 0 saturated heterocycles. The van der Waals surface area contributed by atoms with E-state index in [-0.39, 0.29) is 5.91 Å². The second-order valence-corrected chi connectivity index (χ2v) is 4.70. The van der Waals surface area contributed by atoms with Gasteiger partial charge < -0.3 is 15.4 Å². The number of rotatable bonds is 4. The lowest BCUT2D eigenvalue weighted by Gasteiger charge is -2.15. The molecule has 102 valence electrons. The van der Waals surface area contributed by atoms with Crippen molar-refractivity contribution in [3.8, 4) is 5.75 Å². The van der Waals surface area contributed by atoms with Gasteiger partial charge in [-0.1, -0.05) is 23.3 Å². The van der Waals surface area contributed by atoms with Crippen LogP contribution in [-0.4, -0.2) is 32.7 Å². The lowest BCUT2D eigenvalue weighted by Crippen LogP contribution is -2.29. The molecule has 0 aromatic heterocycles. The Morgan fingerprint density at radius 1 is 1.47 bits per heavy atom. The molecule has 1 aliphatic rings. The van der Waals surface area contributed by atoms with E-state index < -0.39 is 0 Å². The number of benzene rings is 1. The third kappa shape index (κ3) is 3.58. The molecule has 0 atom stereocenters. The van der Waals surface area contributed by atoms with Crippen molar-refractivity contribution in [1.82, 2.24) is 10.6 Å². The van der Waals surface area contributed by atoms with Crippen molar-refractivity contribution in [2.45, 2.75) is 13.3 Å². The van der Waals surface area contributed by atoms with Crippen LogP contribution in [0.3, 0.4) is 0 Å². The summed E-state index contributed by atoms with van der Waals surface area (Å²) < 4.78 is 5.23. The summed E-state index contributed by atoms with van der Waals surface area (Å²) in [5.41, 5.74) is 2.92. The van der Waals surface area contributed by atoms with Gasteiger partial charge in [-0.3, -0.25) is 4.79 Å². The summed E-state index contributed by atoms with van der Waals surface area (Å²) in [5, 5.41) is 6.21. The fourth-order valence-electron chi connectivity index (χ4n) is 2.12. The topological polar surface area (TPSA) is 50.4 Å². The number of carbonyl (C=O) groups is 1. The summed E-state index contributed by atoms with van der Waals surface area (Å²) in [6.45, 7) is 4.44. The maximum Gasteiger partial charge on any atom is 0.255 e. The number of hydrogen-bond donors (Lipinski definition) is 2. The molecular formula is C15H20N2O2. The Bertz CT molecular complexity index is 495. The fraction of sp³-hybridized carbons (Fsp3) is 0.400. The Kier molecular flexibility index (Phi) is 4.58. The number of hydrogen-bond acceptors (Lipinski definition) is 3. The second kappa shape index (κ2) is 6.38. The van der Waals surface area contributed by atoms with Crippen molar-refractivity contribution in [1.29, 1.82) is 0 Å². The molecule has 0 unspecified atom stereocenters. The lowest BCUT2D eigenvalue weighted by molar-refractivity contribution is 0.0953. The molecule has 1 amide bonds. The van der Waals surface area contributed by atoms with Crippen LogP contribution < -0.4 is 15.4 Å². The molecule has 1 aliphatic heterocycles. The van der Waals surface area contributed by atoms with Gasteiger partial charge in [0.1, 0.15) is 5.75 Å². The zero-order chi connectivity index (χ0) is 13.7. The maximum atomic E-state index is 12.2. The average molecular weight is 260 g/mol. The molecule has 0 bridgehead atoms. The van der Waals surface area contributed by atoms with Gasteiger partial charge in [-0.15, -0.1) is 0 Å². The first-order chi connectivity index (χ1) is 9.20. The predicted octanol–water partition coefficient (Wildman–Crippen LogP) is 1.65. The highest BCUT2D eigenvalue weighted by Gasteiger charge is 2.13. The smallest absolute Gasteiger partial charge is 0.255 e. The summed E-state index contributed by atoms with van der Waals surface area (Å²) in [6.07, 6.45) is 3.13. The minimum atomic E-state index is -0.0833. The summed E-state index contributed by atoms with van der Waals surface area (Å²) in [7, 11) is 1.58. The highest BCUT2D eigenvalue weighted by molar-refractivity contribution is 5.97. The van der Waals surface area contributed by atoms with Crippen molar-refractivity contribution in [3.05, 3.63) is 41.0 Å². The Labute approximate surface area is 113 Å². The van der Waals surface area contributed by atoms with Gasteiger partial charge in [-0.2, -0.15) is 0 Å². The molecule has 2 N–H and O–H groups in total. The molecule has 0 spiro atoms. The quantitative estimate of drug-likeness (QED) is 0.809. The van der Waals surface area contributed by atoms with E-state index in [0.717, 1.165) is 25.1 Å². The highest BCUT2D eigenvalue weighted by atomic mass is 16.5. The van der Waals surface area contributed by atoms with Gasteiger partial charge in [-0.05, 0) is 32.0 Å². The number of aryl methyl sites for hydroxylation is 1. The van der Waals surface area contributed by atoms with Crippen molar-refractivity contribution in [3.63, 3.8) is 0 Å². The molecule has 1 aromatic rings. The van der Waals surface area contributed by atoms with E-state index >= 15 is 0 Å². The molecule has 0 fully saturated rings. The van der Waals surface area contributed by atoms with Crippen LogP contribution in [0.5, 0.6) is 5.75 Å². The fourth-order valence-corrected chi connectivity index (χ4v) is 2.12. The third-order valence-corrected chi connectivity index (χ3v) is 3.23. The van der Waals surface area contributed by atoms with Gasteiger partial charge in [0.2, 0.25) is 0 Å². The SMILES string of the molecule is COc1ccc(C)cc1C(=O)NCC1=CCNCC1. The van der Waals surface area contributed by atoms with Crippen molar-refractivity contribution in [2.24, 2.45) is 0 Å². The largest absolute Gasteiger partial charge is 0.496 e. The zero-order valence-corrected chi connectivity index (χ0v) is 11.5. The van der Waals surface area contributed by atoms with E-state index in [1.54, 1.807) is 7.11 Å². The molecule has 0 radical (unpaired) electrons. The summed E-state index contributed by atoms with van der Waals surface area (Å²) >= 11 is 0. The predicted molar refractivity (Wildman–Crippen MR) is 75.6 cm³/mol. The van der Waals surface area contributed by atoms with E-state index in [9.17, 15) is 4.79 Å². The van der Waals surface area contributed by atoms with Gasteiger partial charge in [0.25, 0.3) is 5.91 Å². The summed E-state index contributed by atoms with van der Waals surface area (Å²) in [5.74, 6) is 0.530. The molecule has 0 saturated carbocycles. The number of methoxy groups -OCH3 is 1. The first kappa shape index (κ1) is 13.6.